The number of amides is 1. The first-order valence-corrected chi connectivity index (χ1v) is 9.39. The molecule has 1 amide bonds. The number of thioether (sulfide) groups is 1. The lowest BCUT2D eigenvalue weighted by molar-refractivity contribution is 0.0759. The Labute approximate surface area is 154 Å². The van der Waals surface area contributed by atoms with E-state index in [2.05, 4.69) is 15.9 Å². The first-order chi connectivity index (χ1) is 11.7. The maximum absolute atomic E-state index is 12.9. The Morgan fingerprint density at radius 1 is 1.17 bits per heavy atom. The summed E-state index contributed by atoms with van der Waals surface area (Å²) in [6.07, 6.45) is 0. The van der Waals surface area contributed by atoms with Gasteiger partial charge in [-0.3, -0.25) is 4.79 Å². The molecule has 0 aromatic heterocycles. The van der Waals surface area contributed by atoms with Gasteiger partial charge in [0.05, 0.1) is 14.2 Å². The Hall–Kier alpha value is -1.66. The molecule has 1 aliphatic heterocycles. The van der Waals surface area contributed by atoms with Crippen LogP contribution in [0, 0.1) is 0 Å². The van der Waals surface area contributed by atoms with Gasteiger partial charge >= 0.3 is 0 Å². The molecule has 1 saturated heterocycles. The van der Waals surface area contributed by atoms with Crippen LogP contribution in [0.25, 0.3) is 0 Å². The van der Waals surface area contributed by atoms with E-state index in [-0.39, 0.29) is 11.3 Å². The number of para-hydroxylation sites is 1. The predicted octanol–water partition coefficient (Wildman–Crippen LogP) is 4.35. The summed E-state index contributed by atoms with van der Waals surface area (Å²) in [6, 6.07) is 13.2. The Balaban J connectivity index is 1.94. The van der Waals surface area contributed by atoms with Crippen LogP contribution in [0.4, 0.5) is 0 Å². The smallest absolute Gasteiger partial charge is 0.255 e. The van der Waals surface area contributed by atoms with Gasteiger partial charge in [0.25, 0.3) is 5.91 Å². The molecule has 2 aromatic rings. The van der Waals surface area contributed by atoms with Crippen molar-refractivity contribution in [1.82, 2.24) is 4.90 Å². The highest BCUT2D eigenvalue weighted by molar-refractivity contribution is 9.10. The molecular weight excluding hydrogens is 390 g/mol. The predicted molar refractivity (Wildman–Crippen MR) is 99.9 cm³/mol. The summed E-state index contributed by atoms with van der Waals surface area (Å²) in [4.78, 5) is 14.8. The number of nitrogens with zero attached hydrogens (tertiary/aromatic N) is 1. The van der Waals surface area contributed by atoms with Gasteiger partial charge in [0.2, 0.25) is 0 Å². The lowest BCUT2D eigenvalue weighted by atomic mass is 10.1. The minimum atomic E-state index is -0.0776. The van der Waals surface area contributed by atoms with E-state index in [1.807, 2.05) is 47.4 Å². The first-order valence-electron chi connectivity index (χ1n) is 7.54. The van der Waals surface area contributed by atoms with Crippen LogP contribution < -0.4 is 9.47 Å². The fraction of sp³-hybridized carbons (Fsp3) is 0.278. The number of carbonyl (C=O) groups is 1. The van der Waals surface area contributed by atoms with E-state index < -0.39 is 0 Å². The van der Waals surface area contributed by atoms with E-state index in [1.165, 1.54) is 0 Å². The van der Waals surface area contributed by atoms with Gasteiger partial charge in [-0.15, -0.1) is 11.8 Å². The normalized spacial score (nSPS) is 17.0. The van der Waals surface area contributed by atoms with Crippen LogP contribution in [-0.2, 0) is 0 Å². The number of benzene rings is 2. The average molecular weight is 408 g/mol. The van der Waals surface area contributed by atoms with Gasteiger partial charge in [-0.2, -0.15) is 0 Å². The topological polar surface area (TPSA) is 38.8 Å². The first kappa shape index (κ1) is 17.2. The van der Waals surface area contributed by atoms with Crippen molar-refractivity contribution < 1.29 is 14.3 Å². The van der Waals surface area contributed by atoms with Crippen LogP contribution in [0.1, 0.15) is 21.3 Å². The van der Waals surface area contributed by atoms with Gasteiger partial charge in [0.1, 0.15) is 5.37 Å². The molecule has 126 valence electrons. The quantitative estimate of drug-likeness (QED) is 0.754. The van der Waals surface area contributed by atoms with E-state index in [1.54, 1.807) is 26.0 Å². The number of hydrogen-bond acceptors (Lipinski definition) is 4. The molecule has 1 atom stereocenters. The van der Waals surface area contributed by atoms with Crippen LogP contribution in [-0.4, -0.2) is 37.3 Å². The molecule has 0 bridgehead atoms. The maximum Gasteiger partial charge on any atom is 0.255 e. The standard InChI is InChI=1S/C18H18BrNO3S/c1-22-15-5-3-4-14(16(15)23-2)18-20(10-11-24-18)17(21)12-6-8-13(19)9-7-12/h3-9,18H,10-11H2,1-2H3. The van der Waals surface area contributed by atoms with Crippen molar-refractivity contribution in [1.29, 1.82) is 0 Å². The second-order valence-electron chi connectivity index (χ2n) is 5.31. The number of rotatable bonds is 4. The number of halogens is 1. The van der Waals surface area contributed by atoms with Gasteiger partial charge in [0, 0.05) is 27.9 Å². The molecule has 0 spiro atoms. The number of ether oxygens (including phenoxy) is 2. The van der Waals surface area contributed by atoms with Crippen molar-refractivity contribution in [3.8, 4) is 11.5 Å². The molecule has 1 fully saturated rings. The van der Waals surface area contributed by atoms with E-state index >= 15 is 0 Å². The van der Waals surface area contributed by atoms with Crippen molar-refractivity contribution in [3.05, 3.63) is 58.1 Å². The van der Waals surface area contributed by atoms with Gasteiger partial charge in [-0.05, 0) is 30.3 Å². The summed E-state index contributed by atoms with van der Waals surface area (Å²) >= 11 is 5.14. The zero-order valence-electron chi connectivity index (χ0n) is 13.5. The SMILES string of the molecule is COc1cccc(C2SCCN2C(=O)c2ccc(Br)cc2)c1OC. The molecular formula is C18H18BrNO3S. The van der Waals surface area contributed by atoms with Crippen molar-refractivity contribution in [2.24, 2.45) is 0 Å². The monoisotopic (exact) mass is 407 g/mol. The molecule has 0 aliphatic carbocycles. The lowest BCUT2D eigenvalue weighted by Crippen LogP contribution is -2.30. The van der Waals surface area contributed by atoms with Crippen LogP contribution in [0.15, 0.2) is 46.9 Å². The zero-order chi connectivity index (χ0) is 17.1. The molecule has 24 heavy (non-hydrogen) atoms. The molecule has 2 aromatic carbocycles. The second kappa shape index (κ2) is 7.49. The highest BCUT2D eigenvalue weighted by atomic mass is 79.9. The summed E-state index contributed by atoms with van der Waals surface area (Å²) < 4.78 is 11.9. The van der Waals surface area contributed by atoms with Crippen LogP contribution >= 0.6 is 27.7 Å². The van der Waals surface area contributed by atoms with E-state index in [4.69, 9.17) is 9.47 Å². The molecule has 0 N–H and O–H groups in total. The average Bonchev–Trinajstić information content (AvgIpc) is 3.10. The highest BCUT2D eigenvalue weighted by Gasteiger charge is 2.33. The minimum absolute atomic E-state index is 0.0300. The Morgan fingerprint density at radius 3 is 2.58 bits per heavy atom. The molecule has 3 rings (SSSR count). The van der Waals surface area contributed by atoms with Crippen LogP contribution in [0.2, 0.25) is 0 Å². The van der Waals surface area contributed by atoms with Gasteiger partial charge in [-0.1, -0.05) is 28.1 Å². The minimum Gasteiger partial charge on any atom is -0.493 e. The van der Waals surface area contributed by atoms with E-state index in [9.17, 15) is 4.79 Å². The van der Waals surface area contributed by atoms with Crippen molar-refractivity contribution in [2.45, 2.75) is 5.37 Å². The van der Waals surface area contributed by atoms with Crippen LogP contribution in [0.5, 0.6) is 11.5 Å². The molecule has 0 saturated carbocycles. The zero-order valence-corrected chi connectivity index (χ0v) is 15.9. The number of methoxy groups -OCH3 is 2. The lowest BCUT2D eigenvalue weighted by Gasteiger charge is -2.26. The van der Waals surface area contributed by atoms with Crippen molar-refractivity contribution >= 4 is 33.6 Å². The molecule has 1 aliphatic rings. The van der Waals surface area contributed by atoms with Crippen molar-refractivity contribution in [3.63, 3.8) is 0 Å². The molecule has 1 heterocycles. The Morgan fingerprint density at radius 2 is 1.92 bits per heavy atom. The van der Waals surface area contributed by atoms with E-state index in [0.29, 0.717) is 23.6 Å². The fourth-order valence-corrected chi connectivity index (χ4v) is 4.34. The summed E-state index contributed by atoms with van der Waals surface area (Å²) in [5.41, 5.74) is 1.65. The Bertz CT molecular complexity index is 736. The summed E-state index contributed by atoms with van der Waals surface area (Å²) in [5.74, 6) is 2.29. The van der Waals surface area contributed by atoms with Crippen LogP contribution in [0.3, 0.4) is 0 Å². The summed E-state index contributed by atoms with van der Waals surface area (Å²) in [5, 5.41) is -0.0776. The highest BCUT2D eigenvalue weighted by Crippen LogP contribution is 2.45. The molecule has 0 radical (unpaired) electrons. The third kappa shape index (κ3) is 3.26. The molecule has 4 nitrogen and oxygen atoms in total. The molecule has 1 unspecified atom stereocenters. The fourth-order valence-electron chi connectivity index (χ4n) is 2.80. The number of hydrogen-bond donors (Lipinski definition) is 0. The molecule has 6 heteroatoms. The van der Waals surface area contributed by atoms with Gasteiger partial charge in [-0.25, -0.2) is 0 Å². The maximum atomic E-state index is 12.9. The Kier molecular flexibility index (Phi) is 5.36. The third-order valence-electron chi connectivity index (χ3n) is 3.94. The van der Waals surface area contributed by atoms with Crippen molar-refractivity contribution in [2.75, 3.05) is 26.5 Å². The number of carbonyl (C=O) groups excluding carboxylic acids is 1. The summed E-state index contributed by atoms with van der Waals surface area (Å²) in [6.45, 7) is 0.713. The summed E-state index contributed by atoms with van der Waals surface area (Å²) in [7, 11) is 3.25. The van der Waals surface area contributed by atoms with E-state index in [0.717, 1.165) is 15.8 Å². The van der Waals surface area contributed by atoms with Gasteiger partial charge < -0.3 is 14.4 Å². The van der Waals surface area contributed by atoms with Gasteiger partial charge in [0.15, 0.2) is 11.5 Å². The largest absolute Gasteiger partial charge is 0.493 e. The third-order valence-corrected chi connectivity index (χ3v) is 5.71. The second-order valence-corrected chi connectivity index (χ2v) is 7.42.